The van der Waals surface area contributed by atoms with Crippen LogP contribution in [0.4, 0.5) is 0 Å². The number of rotatable bonds is 5. The second kappa shape index (κ2) is 6.83. The smallest absolute Gasteiger partial charge is 0.323 e. The average molecular weight is 363 g/mol. The van der Waals surface area contributed by atoms with Gasteiger partial charge in [-0.3, -0.25) is 9.89 Å². The number of methoxy groups -OCH3 is 1. The van der Waals surface area contributed by atoms with Gasteiger partial charge in [-0.05, 0) is 35.9 Å². The minimum Gasteiger partial charge on any atom is -0.496 e. The first kappa shape index (κ1) is 16.6. The molecule has 0 saturated carbocycles. The molecular formula is C19H17N5O3. The molecule has 0 spiro atoms. The maximum Gasteiger partial charge on any atom is 0.323 e. The van der Waals surface area contributed by atoms with Gasteiger partial charge in [-0.1, -0.05) is 6.07 Å². The molecule has 2 heterocycles. The number of aromatic nitrogens is 4. The van der Waals surface area contributed by atoms with Gasteiger partial charge < -0.3 is 20.0 Å². The van der Waals surface area contributed by atoms with E-state index in [0.29, 0.717) is 23.4 Å². The van der Waals surface area contributed by atoms with Crippen LogP contribution in [-0.4, -0.2) is 33.2 Å². The number of carbonyl (C=O) groups excluding carboxylic acids is 1. The van der Waals surface area contributed by atoms with Crippen molar-refractivity contribution in [2.75, 3.05) is 7.11 Å². The Bertz CT molecular complexity index is 1160. The quantitative estimate of drug-likeness (QED) is 0.435. The van der Waals surface area contributed by atoms with Crippen molar-refractivity contribution in [1.29, 1.82) is 0 Å². The third-order valence-corrected chi connectivity index (χ3v) is 4.31. The second-order valence-corrected chi connectivity index (χ2v) is 6.04. The molecule has 27 heavy (non-hydrogen) atoms. The number of benzene rings is 2. The maximum absolute atomic E-state index is 12.5. The summed E-state index contributed by atoms with van der Waals surface area (Å²) >= 11 is 0. The Balaban J connectivity index is 1.51. The van der Waals surface area contributed by atoms with Crippen LogP contribution in [0, 0.1) is 0 Å². The van der Waals surface area contributed by atoms with Crippen LogP contribution in [0.2, 0.25) is 0 Å². The van der Waals surface area contributed by atoms with E-state index in [9.17, 15) is 9.59 Å². The van der Waals surface area contributed by atoms with Gasteiger partial charge in [0.2, 0.25) is 0 Å². The van der Waals surface area contributed by atoms with Gasteiger partial charge in [0.1, 0.15) is 5.75 Å². The molecule has 0 radical (unpaired) electrons. The minimum absolute atomic E-state index is 0.213. The van der Waals surface area contributed by atoms with Crippen molar-refractivity contribution >= 4 is 16.9 Å². The van der Waals surface area contributed by atoms with E-state index in [1.54, 1.807) is 37.7 Å². The van der Waals surface area contributed by atoms with Crippen LogP contribution in [0.15, 0.2) is 53.6 Å². The Labute approximate surface area is 153 Å². The number of amides is 1. The molecule has 0 aliphatic rings. The van der Waals surface area contributed by atoms with Gasteiger partial charge in [0, 0.05) is 29.4 Å². The molecule has 0 unspecified atom stereocenters. The highest BCUT2D eigenvalue weighted by atomic mass is 16.5. The standard InChI is InChI=1S/C19H17N5O3/c1-27-17-7-12(3-4-14(17)13-9-21-22-10-13)18(25)20-8-11-2-5-15-16(6-11)24-19(26)23-15/h2-7,9-10H,8H2,1H3,(H,20,25)(H,21,22)(H2,23,24,26). The molecule has 8 heteroatoms. The minimum atomic E-state index is -0.254. The first-order valence-corrected chi connectivity index (χ1v) is 8.30. The molecule has 0 fully saturated rings. The molecular weight excluding hydrogens is 346 g/mol. The topological polar surface area (TPSA) is 116 Å². The van der Waals surface area contributed by atoms with Crippen molar-refractivity contribution in [3.8, 4) is 16.9 Å². The van der Waals surface area contributed by atoms with Gasteiger partial charge in [0.25, 0.3) is 5.91 Å². The lowest BCUT2D eigenvalue weighted by Crippen LogP contribution is -2.22. The monoisotopic (exact) mass is 363 g/mol. The summed E-state index contributed by atoms with van der Waals surface area (Å²) < 4.78 is 5.41. The molecule has 0 bridgehead atoms. The van der Waals surface area contributed by atoms with Crippen molar-refractivity contribution < 1.29 is 9.53 Å². The summed E-state index contributed by atoms with van der Waals surface area (Å²) in [5.41, 5.74) is 4.30. The molecule has 4 N–H and O–H groups in total. The van der Waals surface area contributed by atoms with Crippen LogP contribution < -0.4 is 15.7 Å². The summed E-state index contributed by atoms with van der Waals surface area (Å²) in [6.07, 6.45) is 3.46. The average Bonchev–Trinajstić information content (AvgIpc) is 3.33. The van der Waals surface area contributed by atoms with Crippen LogP contribution in [0.25, 0.3) is 22.2 Å². The van der Waals surface area contributed by atoms with Crippen molar-refractivity contribution in [3.63, 3.8) is 0 Å². The van der Waals surface area contributed by atoms with Crippen LogP contribution >= 0.6 is 0 Å². The van der Waals surface area contributed by atoms with E-state index >= 15 is 0 Å². The van der Waals surface area contributed by atoms with E-state index in [4.69, 9.17) is 4.74 Å². The fourth-order valence-electron chi connectivity index (χ4n) is 2.94. The zero-order chi connectivity index (χ0) is 18.8. The van der Waals surface area contributed by atoms with E-state index in [2.05, 4.69) is 25.5 Å². The van der Waals surface area contributed by atoms with E-state index in [0.717, 1.165) is 22.2 Å². The molecule has 0 aliphatic carbocycles. The fraction of sp³-hybridized carbons (Fsp3) is 0.105. The maximum atomic E-state index is 12.5. The van der Waals surface area contributed by atoms with Gasteiger partial charge in [0.05, 0.1) is 24.3 Å². The molecule has 1 amide bonds. The molecule has 4 aromatic rings. The molecule has 8 nitrogen and oxygen atoms in total. The lowest BCUT2D eigenvalue weighted by atomic mass is 10.0. The van der Waals surface area contributed by atoms with Crippen molar-refractivity contribution in [2.45, 2.75) is 6.54 Å². The van der Waals surface area contributed by atoms with E-state index in [-0.39, 0.29) is 11.6 Å². The molecule has 2 aromatic carbocycles. The third kappa shape index (κ3) is 3.32. The summed E-state index contributed by atoms with van der Waals surface area (Å²) in [5, 5.41) is 9.57. The van der Waals surface area contributed by atoms with Crippen LogP contribution in [0.3, 0.4) is 0 Å². The number of nitrogens with zero attached hydrogens (tertiary/aromatic N) is 1. The Morgan fingerprint density at radius 3 is 2.78 bits per heavy atom. The first-order valence-electron chi connectivity index (χ1n) is 8.30. The van der Waals surface area contributed by atoms with Crippen molar-refractivity contribution in [3.05, 3.63) is 70.4 Å². The summed E-state index contributed by atoms with van der Waals surface area (Å²) in [6.45, 7) is 0.341. The molecule has 0 atom stereocenters. The third-order valence-electron chi connectivity index (χ3n) is 4.31. The number of ether oxygens (including phenoxy) is 1. The van der Waals surface area contributed by atoms with Crippen molar-refractivity contribution in [2.24, 2.45) is 0 Å². The Hall–Kier alpha value is -3.81. The Morgan fingerprint density at radius 1 is 1.15 bits per heavy atom. The summed E-state index contributed by atoms with van der Waals surface area (Å²) in [7, 11) is 1.56. The van der Waals surface area contributed by atoms with Gasteiger partial charge in [0.15, 0.2) is 0 Å². The largest absolute Gasteiger partial charge is 0.496 e. The van der Waals surface area contributed by atoms with Crippen LogP contribution in [0.5, 0.6) is 5.75 Å². The Kier molecular flexibility index (Phi) is 4.21. The zero-order valence-electron chi connectivity index (χ0n) is 14.5. The molecule has 4 rings (SSSR count). The lowest BCUT2D eigenvalue weighted by molar-refractivity contribution is 0.0950. The number of fused-ring (bicyclic) bond motifs is 1. The molecule has 136 valence electrons. The van der Waals surface area contributed by atoms with Gasteiger partial charge in [-0.25, -0.2) is 4.79 Å². The van der Waals surface area contributed by atoms with Gasteiger partial charge >= 0.3 is 5.69 Å². The lowest BCUT2D eigenvalue weighted by Gasteiger charge is -2.10. The van der Waals surface area contributed by atoms with Crippen LogP contribution in [-0.2, 0) is 6.54 Å². The number of imidazole rings is 1. The SMILES string of the molecule is COc1cc(C(=O)NCc2ccc3[nH]c(=O)[nH]c3c2)ccc1-c1cn[nH]c1. The highest BCUT2D eigenvalue weighted by Gasteiger charge is 2.12. The second-order valence-electron chi connectivity index (χ2n) is 6.04. The highest BCUT2D eigenvalue weighted by Crippen LogP contribution is 2.30. The van der Waals surface area contributed by atoms with E-state index in [1.807, 2.05) is 18.2 Å². The number of carbonyl (C=O) groups is 1. The highest BCUT2D eigenvalue weighted by molar-refractivity contribution is 5.95. The molecule has 0 aliphatic heterocycles. The normalized spacial score (nSPS) is 10.9. The van der Waals surface area contributed by atoms with Crippen molar-refractivity contribution in [1.82, 2.24) is 25.5 Å². The zero-order valence-corrected chi connectivity index (χ0v) is 14.5. The molecule has 2 aromatic heterocycles. The number of hydrogen-bond donors (Lipinski definition) is 4. The van der Waals surface area contributed by atoms with E-state index in [1.165, 1.54) is 0 Å². The fourth-order valence-corrected chi connectivity index (χ4v) is 2.94. The summed E-state index contributed by atoms with van der Waals surface area (Å²) in [6, 6.07) is 10.8. The molecule has 0 saturated heterocycles. The number of nitrogens with one attached hydrogen (secondary N) is 4. The summed E-state index contributed by atoms with van der Waals surface area (Å²) in [4.78, 5) is 29.2. The first-order chi connectivity index (χ1) is 13.1. The van der Waals surface area contributed by atoms with Gasteiger partial charge in [-0.2, -0.15) is 5.10 Å². The number of H-pyrrole nitrogens is 3. The summed E-state index contributed by atoms with van der Waals surface area (Å²) in [5.74, 6) is 0.380. The Morgan fingerprint density at radius 2 is 2.00 bits per heavy atom. The predicted octanol–water partition coefficient (Wildman–Crippen LogP) is 2.18. The predicted molar refractivity (Wildman–Crippen MR) is 101 cm³/mol. The van der Waals surface area contributed by atoms with Gasteiger partial charge in [-0.15, -0.1) is 0 Å². The number of aromatic amines is 3. The number of hydrogen-bond acceptors (Lipinski definition) is 4. The van der Waals surface area contributed by atoms with E-state index < -0.39 is 0 Å². The van der Waals surface area contributed by atoms with Crippen LogP contribution in [0.1, 0.15) is 15.9 Å².